The van der Waals surface area contributed by atoms with Gasteiger partial charge >= 0.3 is 0 Å². The summed E-state index contributed by atoms with van der Waals surface area (Å²) in [7, 11) is 0. The fourth-order valence-corrected chi connectivity index (χ4v) is 3.81. The molecule has 118 valence electrons. The fourth-order valence-electron chi connectivity index (χ4n) is 3.81. The molecule has 1 aromatic carbocycles. The quantitative estimate of drug-likeness (QED) is 0.865. The number of carbonyl (C=O) groups is 2. The summed E-state index contributed by atoms with van der Waals surface area (Å²) in [5.74, 6) is -0.489. The Morgan fingerprint density at radius 1 is 1.36 bits per heavy atom. The topological polar surface area (TPSA) is 49.4 Å². The van der Waals surface area contributed by atoms with Gasteiger partial charge in [-0.3, -0.25) is 9.59 Å². The van der Waals surface area contributed by atoms with Crippen LogP contribution in [0, 0.1) is 5.82 Å². The molecule has 0 saturated carbocycles. The number of carbonyl (C=O) groups excluding carboxylic acids is 2. The molecule has 2 aliphatic rings. The fraction of sp³-hybridized carbons (Fsp3) is 0.529. The standard InChI is InChI=1S/C17H21FN2O2/c1-12(21)20-10-14(13-6-2-3-7-15(13)18)17(11-20)9-5-4-8-16(22)19-17/h2-3,6-7,14H,4-5,8-11H2,1H3,(H,19,22)/t14-,17+/m0/s1. The number of rotatable bonds is 1. The van der Waals surface area contributed by atoms with E-state index in [4.69, 9.17) is 0 Å². The minimum Gasteiger partial charge on any atom is -0.348 e. The molecule has 0 aromatic heterocycles. The largest absolute Gasteiger partial charge is 0.348 e. The van der Waals surface area contributed by atoms with E-state index in [1.54, 1.807) is 23.1 Å². The van der Waals surface area contributed by atoms with E-state index in [9.17, 15) is 14.0 Å². The number of halogens is 1. The molecule has 2 fully saturated rings. The minimum atomic E-state index is -0.540. The first kappa shape index (κ1) is 15.0. The zero-order valence-electron chi connectivity index (χ0n) is 12.8. The van der Waals surface area contributed by atoms with Crippen molar-refractivity contribution < 1.29 is 14.0 Å². The monoisotopic (exact) mass is 304 g/mol. The lowest BCUT2D eigenvalue weighted by Crippen LogP contribution is -2.52. The number of benzene rings is 1. The number of hydrogen-bond acceptors (Lipinski definition) is 2. The Morgan fingerprint density at radius 3 is 2.86 bits per heavy atom. The third-order valence-electron chi connectivity index (χ3n) is 4.93. The molecule has 2 heterocycles. The molecule has 0 unspecified atom stereocenters. The third-order valence-corrected chi connectivity index (χ3v) is 4.93. The van der Waals surface area contributed by atoms with Gasteiger partial charge in [0.05, 0.1) is 5.54 Å². The van der Waals surface area contributed by atoms with E-state index < -0.39 is 5.54 Å². The molecule has 0 bridgehead atoms. The van der Waals surface area contributed by atoms with Gasteiger partial charge in [0.15, 0.2) is 0 Å². The van der Waals surface area contributed by atoms with E-state index in [1.165, 1.54) is 13.0 Å². The number of nitrogens with one attached hydrogen (secondary N) is 1. The van der Waals surface area contributed by atoms with Crippen LogP contribution < -0.4 is 5.32 Å². The molecule has 4 nitrogen and oxygen atoms in total. The lowest BCUT2D eigenvalue weighted by molar-refractivity contribution is -0.128. The number of likely N-dealkylation sites (tertiary alicyclic amines) is 1. The van der Waals surface area contributed by atoms with Crippen LogP contribution >= 0.6 is 0 Å². The first-order chi connectivity index (χ1) is 10.5. The molecular formula is C17H21FN2O2. The first-order valence-electron chi connectivity index (χ1n) is 7.83. The molecular weight excluding hydrogens is 283 g/mol. The number of nitrogens with zero attached hydrogens (tertiary/aromatic N) is 1. The van der Waals surface area contributed by atoms with Crippen molar-refractivity contribution in [2.75, 3.05) is 13.1 Å². The van der Waals surface area contributed by atoms with E-state index in [2.05, 4.69) is 5.32 Å². The lowest BCUT2D eigenvalue weighted by atomic mass is 9.78. The summed E-state index contributed by atoms with van der Waals surface area (Å²) >= 11 is 0. The van der Waals surface area contributed by atoms with Crippen molar-refractivity contribution in [3.05, 3.63) is 35.6 Å². The zero-order valence-corrected chi connectivity index (χ0v) is 12.8. The summed E-state index contributed by atoms with van der Waals surface area (Å²) in [4.78, 5) is 25.6. The normalized spacial score (nSPS) is 28.5. The van der Waals surface area contributed by atoms with Crippen LogP contribution in [-0.2, 0) is 9.59 Å². The zero-order chi connectivity index (χ0) is 15.7. The summed E-state index contributed by atoms with van der Waals surface area (Å²) in [6.07, 6.45) is 3.04. The van der Waals surface area contributed by atoms with Gasteiger partial charge in [-0.15, -0.1) is 0 Å². The van der Waals surface area contributed by atoms with Crippen LogP contribution in [0.5, 0.6) is 0 Å². The van der Waals surface area contributed by atoms with Crippen LogP contribution in [0.15, 0.2) is 24.3 Å². The van der Waals surface area contributed by atoms with Crippen molar-refractivity contribution >= 4 is 11.8 Å². The van der Waals surface area contributed by atoms with E-state index in [0.29, 0.717) is 25.1 Å². The van der Waals surface area contributed by atoms with Gasteiger partial charge in [0.2, 0.25) is 11.8 Å². The predicted molar refractivity (Wildman–Crippen MR) is 80.7 cm³/mol. The summed E-state index contributed by atoms with van der Waals surface area (Å²) in [6, 6.07) is 6.68. The van der Waals surface area contributed by atoms with Crippen molar-refractivity contribution in [3.8, 4) is 0 Å². The predicted octanol–water partition coefficient (Wildman–Crippen LogP) is 2.20. The second-order valence-electron chi connectivity index (χ2n) is 6.39. The molecule has 0 aliphatic carbocycles. The van der Waals surface area contributed by atoms with Crippen LogP contribution in [0.3, 0.4) is 0 Å². The summed E-state index contributed by atoms with van der Waals surface area (Å²) in [6.45, 7) is 2.44. The van der Waals surface area contributed by atoms with Crippen molar-refractivity contribution in [1.29, 1.82) is 0 Å². The third kappa shape index (κ3) is 2.60. The smallest absolute Gasteiger partial charge is 0.220 e. The van der Waals surface area contributed by atoms with Gasteiger partial charge in [-0.2, -0.15) is 0 Å². The van der Waals surface area contributed by atoms with Crippen LogP contribution in [0.4, 0.5) is 4.39 Å². The highest BCUT2D eigenvalue weighted by atomic mass is 19.1. The Bertz CT molecular complexity index is 604. The van der Waals surface area contributed by atoms with Gasteiger partial charge < -0.3 is 10.2 Å². The lowest BCUT2D eigenvalue weighted by Gasteiger charge is -2.34. The highest BCUT2D eigenvalue weighted by Gasteiger charge is 2.49. The van der Waals surface area contributed by atoms with Gasteiger partial charge in [0, 0.05) is 32.4 Å². The van der Waals surface area contributed by atoms with E-state index in [0.717, 1.165) is 19.3 Å². The molecule has 0 radical (unpaired) electrons. The second kappa shape index (κ2) is 5.71. The van der Waals surface area contributed by atoms with Gasteiger partial charge in [0.25, 0.3) is 0 Å². The van der Waals surface area contributed by atoms with Gasteiger partial charge in [0.1, 0.15) is 5.82 Å². The molecule has 22 heavy (non-hydrogen) atoms. The highest BCUT2D eigenvalue weighted by Crippen LogP contribution is 2.41. The van der Waals surface area contributed by atoms with Gasteiger partial charge in [-0.25, -0.2) is 4.39 Å². The van der Waals surface area contributed by atoms with E-state index >= 15 is 0 Å². The van der Waals surface area contributed by atoms with Gasteiger partial charge in [-0.1, -0.05) is 24.6 Å². The Hall–Kier alpha value is -1.91. The maximum atomic E-state index is 14.3. The second-order valence-corrected chi connectivity index (χ2v) is 6.39. The maximum Gasteiger partial charge on any atom is 0.220 e. The Morgan fingerprint density at radius 2 is 2.14 bits per heavy atom. The molecule has 2 amide bonds. The molecule has 1 spiro atoms. The van der Waals surface area contributed by atoms with Crippen molar-refractivity contribution in [1.82, 2.24) is 10.2 Å². The van der Waals surface area contributed by atoms with Crippen LogP contribution in [0.25, 0.3) is 0 Å². The Labute approximate surface area is 129 Å². The average Bonchev–Trinajstić information content (AvgIpc) is 2.72. The van der Waals surface area contributed by atoms with Gasteiger partial charge in [-0.05, 0) is 24.5 Å². The molecule has 1 aromatic rings. The number of amides is 2. The molecule has 2 aliphatic heterocycles. The van der Waals surface area contributed by atoms with Crippen molar-refractivity contribution in [2.45, 2.75) is 44.1 Å². The Balaban J connectivity index is 2.02. The Kier molecular flexibility index (Phi) is 3.89. The summed E-state index contributed by atoms with van der Waals surface area (Å²) < 4.78 is 14.3. The molecule has 3 rings (SSSR count). The van der Waals surface area contributed by atoms with E-state index in [-0.39, 0.29) is 23.5 Å². The van der Waals surface area contributed by atoms with Crippen LogP contribution in [-0.4, -0.2) is 35.3 Å². The van der Waals surface area contributed by atoms with Crippen molar-refractivity contribution in [2.24, 2.45) is 0 Å². The van der Waals surface area contributed by atoms with Crippen LogP contribution in [0.2, 0.25) is 0 Å². The summed E-state index contributed by atoms with van der Waals surface area (Å²) in [5.41, 5.74) is 0.0509. The molecule has 2 atom stereocenters. The first-order valence-corrected chi connectivity index (χ1v) is 7.83. The molecule has 2 saturated heterocycles. The summed E-state index contributed by atoms with van der Waals surface area (Å²) in [5, 5.41) is 3.12. The SMILES string of the molecule is CC(=O)N1C[C@@H](c2ccccc2F)[C@@]2(CCCCC(=O)N2)C1. The molecule has 5 heteroatoms. The molecule has 1 N–H and O–H groups in total. The van der Waals surface area contributed by atoms with Crippen LogP contribution in [0.1, 0.15) is 44.1 Å². The highest BCUT2D eigenvalue weighted by molar-refractivity contribution is 5.78. The average molecular weight is 304 g/mol. The maximum absolute atomic E-state index is 14.3. The van der Waals surface area contributed by atoms with Crippen molar-refractivity contribution in [3.63, 3.8) is 0 Å². The number of hydrogen-bond donors (Lipinski definition) is 1. The minimum absolute atomic E-state index is 0.00393. The van der Waals surface area contributed by atoms with E-state index in [1.807, 2.05) is 0 Å².